The average Bonchev–Trinajstić information content (AvgIpc) is 2.65. The number of halogens is 1. The number of pyridine rings is 1. The minimum Gasteiger partial charge on any atom is -0.506 e. The summed E-state index contributed by atoms with van der Waals surface area (Å²) in [5, 5.41) is 11.1. The van der Waals surface area contributed by atoms with Gasteiger partial charge < -0.3 is 5.11 Å². The highest BCUT2D eigenvalue weighted by Gasteiger charge is 2.46. The van der Waals surface area contributed by atoms with Crippen LogP contribution in [0.3, 0.4) is 0 Å². The minimum absolute atomic E-state index is 0.0311. The zero-order chi connectivity index (χ0) is 20.8. The maximum atomic E-state index is 13.1. The van der Waals surface area contributed by atoms with E-state index >= 15 is 0 Å². The Hall–Kier alpha value is -2.72. The summed E-state index contributed by atoms with van der Waals surface area (Å²) in [7, 11) is 0. The number of hydrogen-bond donors (Lipinski definition) is 1. The highest BCUT2D eigenvalue weighted by atomic mass is 35.5. The van der Waals surface area contributed by atoms with E-state index in [-0.39, 0.29) is 16.9 Å². The van der Waals surface area contributed by atoms with Gasteiger partial charge in [0, 0.05) is 11.8 Å². The van der Waals surface area contributed by atoms with Crippen LogP contribution in [0.1, 0.15) is 37.5 Å². The van der Waals surface area contributed by atoms with Gasteiger partial charge >= 0.3 is 0 Å². The number of aliphatic hydroxyl groups is 1. The van der Waals surface area contributed by atoms with Crippen LogP contribution < -0.4 is 0 Å². The molecule has 1 aromatic heterocycles. The maximum absolute atomic E-state index is 13.1. The van der Waals surface area contributed by atoms with Crippen LogP contribution in [0.15, 0.2) is 48.4 Å². The Morgan fingerprint density at radius 2 is 1.82 bits per heavy atom. The van der Waals surface area contributed by atoms with E-state index < -0.39 is 17.0 Å². The van der Waals surface area contributed by atoms with Crippen molar-refractivity contribution in [2.75, 3.05) is 0 Å². The first-order valence-corrected chi connectivity index (χ1v) is 9.45. The molecule has 1 heterocycles. The van der Waals surface area contributed by atoms with Crippen LogP contribution in [-0.4, -0.2) is 21.7 Å². The van der Waals surface area contributed by atoms with E-state index in [0.29, 0.717) is 17.1 Å². The van der Waals surface area contributed by atoms with Gasteiger partial charge in [0.1, 0.15) is 10.9 Å². The number of aryl methyl sites for hydroxylation is 2. The number of Topliss-reactive ketones (excluding diaryl/α,β-unsaturated/α-hetero) is 2. The first-order chi connectivity index (χ1) is 13.1. The number of aromatic nitrogens is 1. The average molecular weight is 396 g/mol. The van der Waals surface area contributed by atoms with Crippen LogP contribution in [0.5, 0.6) is 0 Å². The quantitative estimate of drug-likeness (QED) is 0.436. The molecule has 4 nitrogen and oxygen atoms in total. The molecule has 0 fully saturated rings. The molecule has 0 amide bonds. The number of benzene rings is 1. The van der Waals surface area contributed by atoms with E-state index in [2.05, 4.69) is 11.6 Å². The van der Waals surface area contributed by atoms with Crippen molar-refractivity contribution in [3.05, 3.63) is 70.2 Å². The number of carbonyl (C=O) groups excluding carboxylic acids is 2. The summed E-state index contributed by atoms with van der Waals surface area (Å²) in [6.45, 7) is 10.8. The lowest BCUT2D eigenvalue weighted by atomic mass is 9.70. The predicted octanol–water partition coefficient (Wildman–Crippen LogP) is 5.28. The fraction of sp³-hybridized carbons (Fsp3) is 0.261. The number of allylic oxidation sites excluding steroid dienone is 2. The summed E-state index contributed by atoms with van der Waals surface area (Å²) in [6.07, 6.45) is 2.35. The van der Waals surface area contributed by atoms with Crippen molar-refractivity contribution < 1.29 is 14.7 Å². The number of carbonyl (C=O) groups is 2. The highest BCUT2D eigenvalue weighted by molar-refractivity contribution is 6.36. The van der Waals surface area contributed by atoms with Crippen molar-refractivity contribution in [1.29, 1.82) is 0 Å². The number of hydrogen-bond acceptors (Lipinski definition) is 4. The summed E-state index contributed by atoms with van der Waals surface area (Å²) >= 11 is 5.97. The number of aliphatic hydroxyl groups excluding tert-OH is 1. The van der Waals surface area contributed by atoms with E-state index in [1.165, 1.54) is 0 Å². The second-order valence-electron chi connectivity index (χ2n) is 7.53. The molecule has 1 aliphatic carbocycles. The summed E-state index contributed by atoms with van der Waals surface area (Å²) in [5.74, 6) is -1.20. The first kappa shape index (κ1) is 20.0. The van der Waals surface area contributed by atoms with Gasteiger partial charge in [-0.05, 0) is 61.6 Å². The van der Waals surface area contributed by atoms with Gasteiger partial charge in [-0.25, -0.2) is 4.98 Å². The van der Waals surface area contributed by atoms with Gasteiger partial charge in [-0.3, -0.25) is 9.59 Å². The number of rotatable bonds is 3. The van der Waals surface area contributed by atoms with Crippen molar-refractivity contribution >= 4 is 28.7 Å². The standard InChI is InChI=1S/C23H22ClNO3/c1-6-14-7-8-15(17-11-25-18(24)9-12(17)2)10-16(14)19-20(26)13(3)21(27)23(4,5)22(19)28/h7-11,26H,3,6H2,1-2,4-5H3. The normalized spacial score (nSPS) is 16.7. The van der Waals surface area contributed by atoms with Crippen LogP contribution in [0, 0.1) is 12.3 Å². The van der Waals surface area contributed by atoms with Crippen LogP contribution in [-0.2, 0) is 16.0 Å². The Balaban J connectivity index is 2.28. The Morgan fingerprint density at radius 1 is 1.14 bits per heavy atom. The molecule has 0 unspecified atom stereocenters. The van der Waals surface area contributed by atoms with Crippen LogP contribution in [0.4, 0.5) is 0 Å². The molecule has 28 heavy (non-hydrogen) atoms. The summed E-state index contributed by atoms with van der Waals surface area (Å²) in [6, 6.07) is 7.52. The van der Waals surface area contributed by atoms with Crippen LogP contribution in [0.25, 0.3) is 16.7 Å². The highest BCUT2D eigenvalue weighted by Crippen LogP contribution is 2.41. The third-order valence-electron chi connectivity index (χ3n) is 5.31. The largest absolute Gasteiger partial charge is 0.506 e. The third-order valence-corrected chi connectivity index (χ3v) is 5.51. The molecule has 1 N–H and O–H groups in total. The monoisotopic (exact) mass is 395 g/mol. The molecule has 0 bridgehead atoms. The summed E-state index contributed by atoms with van der Waals surface area (Å²) in [4.78, 5) is 29.7. The molecule has 0 saturated heterocycles. The molecule has 0 saturated carbocycles. The van der Waals surface area contributed by atoms with Gasteiger partial charge in [0.25, 0.3) is 0 Å². The van der Waals surface area contributed by atoms with Crippen LogP contribution in [0.2, 0.25) is 5.15 Å². The Labute approximate surface area is 169 Å². The fourth-order valence-electron chi connectivity index (χ4n) is 3.52. The van der Waals surface area contributed by atoms with Crippen molar-refractivity contribution in [3.8, 4) is 11.1 Å². The topological polar surface area (TPSA) is 67.3 Å². The van der Waals surface area contributed by atoms with Crippen molar-refractivity contribution in [2.24, 2.45) is 5.41 Å². The molecular weight excluding hydrogens is 374 g/mol. The lowest BCUT2D eigenvalue weighted by Crippen LogP contribution is -2.39. The van der Waals surface area contributed by atoms with Crippen molar-refractivity contribution in [1.82, 2.24) is 4.98 Å². The molecule has 5 heteroatoms. The van der Waals surface area contributed by atoms with Gasteiger partial charge in [-0.15, -0.1) is 0 Å². The van der Waals surface area contributed by atoms with Gasteiger partial charge in [0.2, 0.25) is 0 Å². The maximum Gasteiger partial charge on any atom is 0.180 e. The van der Waals surface area contributed by atoms with Crippen molar-refractivity contribution in [2.45, 2.75) is 34.1 Å². The summed E-state index contributed by atoms with van der Waals surface area (Å²) < 4.78 is 0. The molecule has 0 radical (unpaired) electrons. The fourth-order valence-corrected chi connectivity index (χ4v) is 3.73. The van der Waals surface area contributed by atoms with E-state index in [0.717, 1.165) is 22.3 Å². The molecule has 3 rings (SSSR count). The molecule has 2 aromatic rings. The predicted molar refractivity (Wildman–Crippen MR) is 111 cm³/mol. The van der Waals surface area contributed by atoms with Gasteiger partial charge in [-0.1, -0.05) is 37.2 Å². The SMILES string of the molecule is C=C1C(=O)C(C)(C)C(=O)C(c2cc(-c3cnc(Cl)cc3C)ccc2CC)=C1O. The van der Waals surface area contributed by atoms with Crippen LogP contribution >= 0.6 is 11.6 Å². The first-order valence-electron chi connectivity index (χ1n) is 9.07. The molecule has 0 spiro atoms. The molecule has 0 aliphatic heterocycles. The van der Waals surface area contributed by atoms with Gasteiger partial charge in [0.15, 0.2) is 11.6 Å². The smallest absolute Gasteiger partial charge is 0.180 e. The second kappa shape index (κ2) is 7.02. The number of ketones is 2. The molecule has 1 aliphatic rings. The molecular formula is C23H22ClNO3. The van der Waals surface area contributed by atoms with Gasteiger partial charge in [0.05, 0.1) is 16.6 Å². The summed E-state index contributed by atoms with van der Waals surface area (Å²) in [5.41, 5.74) is 3.03. The minimum atomic E-state index is -1.27. The van der Waals surface area contributed by atoms with Crippen molar-refractivity contribution in [3.63, 3.8) is 0 Å². The Morgan fingerprint density at radius 3 is 2.43 bits per heavy atom. The van der Waals surface area contributed by atoms with E-state index in [1.54, 1.807) is 26.1 Å². The van der Waals surface area contributed by atoms with E-state index in [4.69, 9.17) is 11.6 Å². The molecule has 144 valence electrons. The zero-order valence-corrected chi connectivity index (χ0v) is 17.1. The lowest BCUT2D eigenvalue weighted by molar-refractivity contribution is -0.133. The molecule has 0 atom stereocenters. The zero-order valence-electron chi connectivity index (χ0n) is 16.4. The Kier molecular flexibility index (Phi) is 5.02. The van der Waals surface area contributed by atoms with E-state index in [1.807, 2.05) is 32.0 Å². The third kappa shape index (κ3) is 3.08. The second-order valence-corrected chi connectivity index (χ2v) is 7.92. The number of nitrogens with zero attached hydrogens (tertiary/aromatic N) is 1. The molecule has 1 aromatic carbocycles. The van der Waals surface area contributed by atoms with Gasteiger partial charge in [-0.2, -0.15) is 0 Å². The Bertz CT molecular complexity index is 1060. The van der Waals surface area contributed by atoms with E-state index in [9.17, 15) is 14.7 Å². The lowest BCUT2D eigenvalue weighted by Gasteiger charge is -2.30.